The van der Waals surface area contributed by atoms with Crippen LogP contribution in [0, 0.1) is 6.92 Å². The van der Waals surface area contributed by atoms with E-state index < -0.39 is 5.63 Å². The van der Waals surface area contributed by atoms with E-state index in [1.165, 1.54) is 6.07 Å². The summed E-state index contributed by atoms with van der Waals surface area (Å²) in [4.78, 5) is 28.5. The molecule has 0 saturated carbocycles. The molecule has 1 aliphatic rings. The first kappa shape index (κ1) is 20.9. The Balaban J connectivity index is 1.33. The molecule has 2 heterocycles. The van der Waals surface area contributed by atoms with Crippen LogP contribution in [0.2, 0.25) is 0 Å². The van der Waals surface area contributed by atoms with Gasteiger partial charge < -0.3 is 24.3 Å². The minimum Gasteiger partial charge on any atom is -0.484 e. The molecule has 7 heteroatoms. The van der Waals surface area contributed by atoms with Crippen LogP contribution in [0.1, 0.15) is 12.0 Å². The lowest BCUT2D eigenvalue weighted by atomic mass is 10.1. The molecule has 1 aromatic heterocycles. The third-order valence-corrected chi connectivity index (χ3v) is 5.70. The molecule has 7 nitrogen and oxygen atoms in total. The highest BCUT2D eigenvalue weighted by Gasteiger charge is 2.23. The number of anilines is 2. The number of amides is 1. The van der Waals surface area contributed by atoms with Gasteiger partial charge in [-0.3, -0.25) is 4.79 Å². The van der Waals surface area contributed by atoms with Gasteiger partial charge in [-0.05, 0) is 69.4 Å². The first-order chi connectivity index (χ1) is 14.9. The summed E-state index contributed by atoms with van der Waals surface area (Å²) < 4.78 is 10.8. The smallest absolute Gasteiger partial charge is 0.336 e. The average molecular weight is 421 g/mol. The number of nitrogens with one attached hydrogen (secondary N) is 1. The standard InChI is InChI=1S/C24H27N3O4/c1-16-12-24(29)31-22-13-20(8-9-21(16)22)30-15-23(28)25-17-4-6-18(7-5-17)27-11-10-19(14-27)26(2)3/h4-9,12-13,19H,10-11,14-15H2,1-3H3,(H,25,28). The zero-order valence-corrected chi connectivity index (χ0v) is 18.1. The van der Waals surface area contributed by atoms with Crippen molar-refractivity contribution in [2.45, 2.75) is 19.4 Å². The van der Waals surface area contributed by atoms with E-state index in [1.807, 2.05) is 37.3 Å². The van der Waals surface area contributed by atoms with Gasteiger partial charge in [0.25, 0.3) is 5.91 Å². The molecule has 1 aliphatic heterocycles. The number of carbonyl (C=O) groups excluding carboxylic acids is 1. The van der Waals surface area contributed by atoms with Crippen molar-refractivity contribution in [3.63, 3.8) is 0 Å². The highest BCUT2D eigenvalue weighted by molar-refractivity contribution is 5.92. The maximum atomic E-state index is 12.3. The van der Waals surface area contributed by atoms with Gasteiger partial charge >= 0.3 is 5.63 Å². The van der Waals surface area contributed by atoms with Crippen LogP contribution in [-0.2, 0) is 4.79 Å². The van der Waals surface area contributed by atoms with E-state index >= 15 is 0 Å². The lowest BCUT2D eigenvalue weighted by Crippen LogP contribution is -2.31. The molecule has 1 unspecified atom stereocenters. The Labute approximate surface area is 181 Å². The minimum absolute atomic E-state index is 0.139. The molecule has 0 radical (unpaired) electrons. The van der Waals surface area contributed by atoms with Crippen molar-refractivity contribution in [2.24, 2.45) is 0 Å². The Bertz CT molecular complexity index is 1140. The van der Waals surface area contributed by atoms with Crippen molar-refractivity contribution < 1.29 is 13.9 Å². The maximum Gasteiger partial charge on any atom is 0.336 e. The average Bonchev–Trinajstić information content (AvgIpc) is 3.23. The van der Waals surface area contributed by atoms with Gasteiger partial charge in [-0.1, -0.05) is 0 Å². The Morgan fingerprint density at radius 1 is 1.19 bits per heavy atom. The van der Waals surface area contributed by atoms with Crippen molar-refractivity contribution in [1.82, 2.24) is 4.90 Å². The number of nitrogens with zero attached hydrogens (tertiary/aromatic N) is 2. The SMILES string of the molecule is Cc1cc(=O)oc2cc(OCC(=O)Nc3ccc(N4CCC(N(C)C)C4)cc3)ccc12. The summed E-state index contributed by atoms with van der Waals surface area (Å²) in [5.41, 5.74) is 2.75. The molecule has 162 valence electrons. The number of hydrogen-bond acceptors (Lipinski definition) is 6. The van der Waals surface area contributed by atoms with E-state index in [0.717, 1.165) is 41.8 Å². The van der Waals surface area contributed by atoms with E-state index in [4.69, 9.17) is 9.15 Å². The van der Waals surface area contributed by atoms with Crippen molar-refractivity contribution in [2.75, 3.05) is 44.0 Å². The van der Waals surface area contributed by atoms with Crippen molar-refractivity contribution in [3.05, 3.63) is 64.5 Å². The number of fused-ring (bicyclic) bond motifs is 1. The summed E-state index contributed by atoms with van der Waals surface area (Å²) in [6.45, 7) is 3.76. The maximum absolute atomic E-state index is 12.3. The number of benzene rings is 2. The second-order valence-electron chi connectivity index (χ2n) is 8.14. The molecule has 4 rings (SSSR count). The lowest BCUT2D eigenvalue weighted by Gasteiger charge is -2.22. The van der Waals surface area contributed by atoms with Gasteiger partial charge in [-0.2, -0.15) is 0 Å². The van der Waals surface area contributed by atoms with Crippen LogP contribution in [0.4, 0.5) is 11.4 Å². The Morgan fingerprint density at radius 3 is 2.68 bits per heavy atom. The van der Waals surface area contributed by atoms with Crippen LogP contribution in [0.3, 0.4) is 0 Å². The fourth-order valence-corrected chi connectivity index (χ4v) is 3.89. The van der Waals surface area contributed by atoms with Crippen LogP contribution in [0.15, 0.2) is 57.7 Å². The number of aryl methyl sites for hydroxylation is 1. The summed E-state index contributed by atoms with van der Waals surface area (Å²) in [5, 5.41) is 3.69. The van der Waals surface area contributed by atoms with E-state index in [2.05, 4.69) is 29.2 Å². The van der Waals surface area contributed by atoms with Crippen LogP contribution >= 0.6 is 0 Å². The third kappa shape index (κ3) is 4.88. The molecular formula is C24H27N3O4. The molecule has 3 aromatic rings. The molecule has 2 aromatic carbocycles. The molecule has 1 amide bonds. The van der Waals surface area contributed by atoms with Gasteiger partial charge in [0.2, 0.25) is 0 Å². The van der Waals surface area contributed by atoms with Gasteiger partial charge in [-0.25, -0.2) is 4.79 Å². The van der Waals surface area contributed by atoms with Gasteiger partial charge in [0.05, 0.1) is 0 Å². The molecule has 1 atom stereocenters. The highest BCUT2D eigenvalue weighted by atomic mass is 16.5. The van der Waals surface area contributed by atoms with E-state index in [1.54, 1.807) is 12.1 Å². The summed E-state index contributed by atoms with van der Waals surface area (Å²) >= 11 is 0. The fourth-order valence-electron chi connectivity index (χ4n) is 3.89. The molecule has 0 spiro atoms. The lowest BCUT2D eigenvalue weighted by molar-refractivity contribution is -0.118. The van der Waals surface area contributed by atoms with Gasteiger partial charge in [0.1, 0.15) is 11.3 Å². The number of likely N-dealkylation sites (N-methyl/N-ethyl adjacent to an activating group) is 1. The highest BCUT2D eigenvalue weighted by Crippen LogP contribution is 2.24. The quantitative estimate of drug-likeness (QED) is 0.616. The zero-order valence-electron chi connectivity index (χ0n) is 18.1. The van der Waals surface area contributed by atoms with Crippen molar-refractivity contribution in [3.8, 4) is 5.75 Å². The van der Waals surface area contributed by atoms with Crippen LogP contribution in [-0.4, -0.2) is 50.6 Å². The fraction of sp³-hybridized carbons (Fsp3) is 0.333. The van der Waals surface area contributed by atoms with Gasteiger partial charge in [0.15, 0.2) is 6.61 Å². The molecule has 0 bridgehead atoms. The molecule has 31 heavy (non-hydrogen) atoms. The predicted molar refractivity (Wildman–Crippen MR) is 122 cm³/mol. The Morgan fingerprint density at radius 2 is 1.97 bits per heavy atom. The number of ether oxygens (including phenoxy) is 1. The zero-order chi connectivity index (χ0) is 22.0. The third-order valence-electron chi connectivity index (χ3n) is 5.70. The second-order valence-corrected chi connectivity index (χ2v) is 8.14. The minimum atomic E-state index is -0.408. The number of rotatable bonds is 6. The van der Waals surface area contributed by atoms with Crippen molar-refractivity contribution in [1.29, 1.82) is 0 Å². The van der Waals surface area contributed by atoms with Crippen LogP contribution in [0.5, 0.6) is 5.75 Å². The molecular weight excluding hydrogens is 394 g/mol. The van der Waals surface area contributed by atoms with Crippen LogP contribution < -0.4 is 20.6 Å². The Hall–Kier alpha value is -3.32. The summed E-state index contributed by atoms with van der Waals surface area (Å²) in [5.74, 6) is 0.212. The first-order valence-corrected chi connectivity index (χ1v) is 10.4. The Kier molecular flexibility index (Phi) is 5.95. The monoisotopic (exact) mass is 421 g/mol. The first-order valence-electron chi connectivity index (χ1n) is 10.4. The second kappa shape index (κ2) is 8.81. The summed E-state index contributed by atoms with van der Waals surface area (Å²) in [6, 6.07) is 15.1. The van der Waals surface area contributed by atoms with Gasteiger partial charge in [-0.15, -0.1) is 0 Å². The van der Waals surface area contributed by atoms with E-state index in [-0.39, 0.29) is 12.5 Å². The molecule has 1 N–H and O–H groups in total. The number of hydrogen-bond donors (Lipinski definition) is 1. The summed E-state index contributed by atoms with van der Waals surface area (Å²) in [7, 11) is 4.23. The summed E-state index contributed by atoms with van der Waals surface area (Å²) in [6.07, 6.45) is 1.15. The van der Waals surface area contributed by atoms with E-state index in [9.17, 15) is 9.59 Å². The number of carbonyl (C=O) groups is 1. The van der Waals surface area contributed by atoms with Crippen molar-refractivity contribution >= 4 is 28.3 Å². The normalized spacial score (nSPS) is 16.1. The molecule has 0 aliphatic carbocycles. The van der Waals surface area contributed by atoms with E-state index in [0.29, 0.717) is 17.4 Å². The molecule has 1 fully saturated rings. The molecule has 1 saturated heterocycles. The van der Waals surface area contributed by atoms with Gasteiger partial charge in [0, 0.05) is 48.0 Å². The topological polar surface area (TPSA) is 75.0 Å². The predicted octanol–water partition coefficient (Wildman–Crippen LogP) is 3.26. The largest absolute Gasteiger partial charge is 0.484 e. The van der Waals surface area contributed by atoms with Crippen LogP contribution in [0.25, 0.3) is 11.0 Å².